The Labute approximate surface area is 111 Å². The highest BCUT2D eigenvalue weighted by Crippen LogP contribution is 2.30. The number of aromatic nitrogens is 1. The Hall–Kier alpha value is -1.98. The molecule has 0 bridgehead atoms. The van der Waals surface area contributed by atoms with E-state index in [1.807, 2.05) is 6.07 Å². The Balaban J connectivity index is 1.63. The molecule has 2 fully saturated rings. The number of nitrogen functional groups attached to an aromatic ring is 1. The van der Waals surface area contributed by atoms with E-state index in [0.29, 0.717) is 42.9 Å². The van der Waals surface area contributed by atoms with Crippen molar-refractivity contribution < 1.29 is 9.53 Å². The zero-order valence-corrected chi connectivity index (χ0v) is 10.7. The molecule has 1 aromatic heterocycles. The first kappa shape index (κ1) is 12.1. The molecule has 6 nitrogen and oxygen atoms in total. The van der Waals surface area contributed by atoms with Crippen molar-refractivity contribution in [3.63, 3.8) is 0 Å². The standard InChI is InChI=1S/C13H18N4O2/c14-10-3-4-11(16-9-5-12(18)15-6-9)17-13(10)19-7-8-1-2-8/h3-4,8-9H,1-2,5-7,14H2,(H,15,18)(H,16,17). The third-order valence-electron chi connectivity index (χ3n) is 3.37. The monoisotopic (exact) mass is 262 g/mol. The summed E-state index contributed by atoms with van der Waals surface area (Å²) in [5.74, 6) is 1.91. The number of amides is 1. The van der Waals surface area contributed by atoms with Gasteiger partial charge >= 0.3 is 0 Å². The molecule has 1 saturated carbocycles. The topological polar surface area (TPSA) is 89.3 Å². The summed E-state index contributed by atoms with van der Waals surface area (Å²) in [6.07, 6.45) is 2.94. The Bertz CT molecular complexity index is 488. The van der Waals surface area contributed by atoms with Crippen molar-refractivity contribution in [3.05, 3.63) is 12.1 Å². The second kappa shape index (κ2) is 4.95. The summed E-state index contributed by atoms with van der Waals surface area (Å²) in [4.78, 5) is 15.5. The van der Waals surface area contributed by atoms with Crippen molar-refractivity contribution >= 4 is 17.4 Å². The summed E-state index contributed by atoms with van der Waals surface area (Å²) in [5.41, 5.74) is 6.39. The van der Waals surface area contributed by atoms with Gasteiger partial charge in [0.15, 0.2) is 0 Å². The van der Waals surface area contributed by atoms with Crippen LogP contribution in [0.4, 0.5) is 11.5 Å². The van der Waals surface area contributed by atoms with Crippen LogP contribution in [0.3, 0.4) is 0 Å². The average molecular weight is 262 g/mol. The van der Waals surface area contributed by atoms with Gasteiger partial charge in [-0.25, -0.2) is 0 Å². The molecule has 6 heteroatoms. The Morgan fingerprint density at radius 2 is 2.32 bits per heavy atom. The lowest BCUT2D eigenvalue weighted by Crippen LogP contribution is -2.23. The smallest absolute Gasteiger partial charge is 0.239 e. The average Bonchev–Trinajstić information content (AvgIpc) is 3.13. The van der Waals surface area contributed by atoms with Crippen LogP contribution in [-0.2, 0) is 4.79 Å². The molecule has 19 heavy (non-hydrogen) atoms. The summed E-state index contributed by atoms with van der Waals surface area (Å²) in [7, 11) is 0. The van der Waals surface area contributed by atoms with Crippen LogP contribution < -0.4 is 21.1 Å². The number of rotatable bonds is 5. The number of pyridine rings is 1. The van der Waals surface area contributed by atoms with Gasteiger partial charge in [0.05, 0.1) is 18.3 Å². The van der Waals surface area contributed by atoms with Gasteiger partial charge in [0.25, 0.3) is 0 Å². The van der Waals surface area contributed by atoms with Crippen molar-refractivity contribution in [2.45, 2.75) is 25.3 Å². The molecule has 1 aromatic rings. The number of anilines is 2. The van der Waals surface area contributed by atoms with Gasteiger partial charge in [-0.2, -0.15) is 4.98 Å². The van der Waals surface area contributed by atoms with Crippen LogP contribution in [0.15, 0.2) is 12.1 Å². The fraction of sp³-hybridized carbons (Fsp3) is 0.538. The van der Waals surface area contributed by atoms with Gasteiger partial charge in [-0.15, -0.1) is 0 Å². The fourth-order valence-corrected chi connectivity index (χ4v) is 2.04. The largest absolute Gasteiger partial charge is 0.476 e. The number of nitrogens with two attached hydrogens (primary N) is 1. The van der Waals surface area contributed by atoms with Crippen LogP contribution in [0.1, 0.15) is 19.3 Å². The minimum atomic E-state index is 0.0677. The molecule has 1 unspecified atom stereocenters. The van der Waals surface area contributed by atoms with Crippen LogP contribution in [-0.4, -0.2) is 30.1 Å². The summed E-state index contributed by atoms with van der Waals surface area (Å²) < 4.78 is 5.63. The minimum Gasteiger partial charge on any atom is -0.476 e. The highest BCUT2D eigenvalue weighted by Gasteiger charge is 2.23. The van der Waals surface area contributed by atoms with Gasteiger partial charge in [-0.05, 0) is 30.9 Å². The molecular formula is C13H18N4O2. The van der Waals surface area contributed by atoms with Gasteiger partial charge in [0, 0.05) is 13.0 Å². The summed E-state index contributed by atoms with van der Waals surface area (Å²) in [6, 6.07) is 3.67. The van der Waals surface area contributed by atoms with Crippen LogP contribution in [0.5, 0.6) is 5.88 Å². The van der Waals surface area contributed by atoms with Crippen molar-refractivity contribution in [1.29, 1.82) is 0 Å². The molecule has 1 amide bonds. The maximum Gasteiger partial charge on any atom is 0.239 e. The molecule has 0 spiro atoms. The first-order chi connectivity index (χ1) is 9.20. The quantitative estimate of drug-likeness (QED) is 0.728. The molecule has 1 atom stereocenters. The van der Waals surface area contributed by atoms with E-state index in [0.717, 1.165) is 0 Å². The molecule has 0 radical (unpaired) electrons. The van der Waals surface area contributed by atoms with E-state index in [4.69, 9.17) is 10.5 Å². The minimum absolute atomic E-state index is 0.0677. The van der Waals surface area contributed by atoms with E-state index in [2.05, 4.69) is 15.6 Å². The number of nitrogens with zero attached hydrogens (tertiary/aromatic N) is 1. The fourth-order valence-electron chi connectivity index (χ4n) is 2.04. The van der Waals surface area contributed by atoms with E-state index in [1.54, 1.807) is 6.07 Å². The van der Waals surface area contributed by atoms with Gasteiger partial charge in [0.2, 0.25) is 11.8 Å². The molecule has 1 aliphatic heterocycles. The zero-order chi connectivity index (χ0) is 13.2. The molecular weight excluding hydrogens is 244 g/mol. The molecule has 2 heterocycles. The third kappa shape index (κ3) is 3.07. The van der Waals surface area contributed by atoms with Crippen LogP contribution in [0, 0.1) is 5.92 Å². The SMILES string of the molecule is Nc1ccc(NC2CNC(=O)C2)nc1OCC1CC1. The van der Waals surface area contributed by atoms with E-state index in [1.165, 1.54) is 12.8 Å². The Morgan fingerprint density at radius 3 is 3.00 bits per heavy atom. The second-order valence-corrected chi connectivity index (χ2v) is 5.19. The maximum atomic E-state index is 11.1. The first-order valence-electron chi connectivity index (χ1n) is 6.63. The van der Waals surface area contributed by atoms with E-state index < -0.39 is 0 Å². The van der Waals surface area contributed by atoms with E-state index >= 15 is 0 Å². The first-order valence-corrected chi connectivity index (χ1v) is 6.63. The van der Waals surface area contributed by atoms with E-state index in [9.17, 15) is 4.79 Å². The number of carbonyl (C=O) groups excluding carboxylic acids is 1. The molecule has 2 aliphatic rings. The maximum absolute atomic E-state index is 11.1. The third-order valence-corrected chi connectivity index (χ3v) is 3.37. The number of ether oxygens (including phenoxy) is 1. The summed E-state index contributed by atoms with van der Waals surface area (Å²) in [6.45, 7) is 1.31. The van der Waals surface area contributed by atoms with E-state index in [-0.39, 0.29) is 11.9 Å². The number of carbonyl (C=O) groups is 1. The summed E-state index contributed by atoms with van der Waals surface area (Å²) in [5, 5.41) is 5.99. The van der Waals surface area contributed by atoms with Crippen molar-refractivity contribution in [2.24, 2.45) is 5.92 Å². The van der Waals surface area contributed by atoms with Crippen molar-refractivity contribution in [2.75, 3.05) is 24.2 Å². The molecule has 1 saturated heterocycles. The van der Waals surface area contributed by atoms with Gasteiger partial charge < -0.3 is 21.1 Å². The van der Waals surface area contributed by atoms with Crippen LogP contribution >= 0.6 is 0 Å². The molecule has 4 N–H and O–H groups in total. The Morgan fingerprint density at radius 1 is 1.47 bits per heavy atom. The molecule has 0 aromatic carbocycles. The summed E-state index contributed by atoms with van der Waals surface area (Å²) >= 11 is 0. The highest BCUT2D eigenvalue weighted by atomic mass is 16.5. The second-order valence-electron chi connectivity index (χ2n) is 5.19. The molecule has 102 valence electrons. The normalized spacial score (nSPS) is 22.1. The highest BCUT2D eigenvalue weighted by molar-refractivity contribution is 5.79. The number of nitrogens with one attached hydrogen (secondary N) is 2. The zero-order valence-electron chi connectivity index (χ0n) is 10.7. The lowest BCUT2D eigenvalue weighted by atomic mass is 10.2. The molecule has 3 rings (SSSR count). The van der Waals surface area contributed by atoms with Gasteiger partial charge in [-0.1, -0.05) is 0 Å². The van der Waals surface area contributed by atoms with Crippen LogP contribution in [0.25, 0.3) is 0 Å². The predicted molar refractivity (Wildman–Crippen MR) is 71.9 cm³/mol. The van der Waals surface area contributed by atoms with Crippen LogP contribution in [0.2, 0.25) is 0 Å². The van der Waals surface area contributed by atoms with Gasteiger partial charge in [-0.3, -0.25) is 4.79 Å². The number of hydrogen-bond donors (Lipinski definition) is 3. The lowest BCUT2D eigenvalue weighted by molar-refractivity contribution is -0.119. The van der Waals surface area contributed by atoms with Crippen molar-refractivity contribution in [3.8, 4) is 5.88 Å². The molecule has 1 aliphatic carbocycles. The number of hydrogen-bond acceptors (Lipinski definition) is 5. The van der Waals surface area contributed by atoms with Crippen molar-refractivity contribution in [1.82, 2.24) is 10.3 Å². The predicted octanol–water partition coefficient (Wildman–Crippen LogP) is 0.753. The van der Waals surface area contributed by atoms with Gasteiger partial charge in [0.1, 0.15) is 5.82 Å². The Kier molecular flexibility index (Phi) is 3.15. The lowest BCUT2D eigenvalue weighted by Gasteiger charge is -2.13.